The predicted octanol–water partition coefficient (Wildman–Crippen LogP) is 5.95. The Morgan fingerprint density at radius 3 is 1.70 bits per heavy atom. The van der Waals surface area contributed by atoms with E-state index in [-0.39, 0.29) is 11.7 Å². The highest BCUT2D eigenvalue weighted by molar-refractivity contribution is 6.07. The number of carbonyl (C=O) groups excluding carboxylic acids is 2. The summed E-state index contributed by atoms with van der Waals surface area (Å²) in [6.45, 7) is 0. The third-order valence-corrected chi connectivity index (χ3v) is 5.01. The molecule has 4 rings (SSSR count). The molecule has 0 aliphatic heterocycles. The van der Waals surface area contributed by atoms with E-state index in [9.17, 15) is 9.59 Å². The summed E-state index contributed by atoms with van der Waals surface area (Å²) in [5, 5.41) is 2.99. The van der Waals surface area contributed by atoms with Crippen LogP contribution in [0.4, 0.5) is 5.69 Å². The number of carbonyl (C=O) groups is 2. The van der Waals surface area contributed by atoms with Crippen LogP contribution in [0.3, 0.4) is 0 Å². The third-order valence-electron chi connectivity index (χ3n) is 5.01. The highest BCUT2D eigenvalue weighted by Gasteiger charge is 2.26. The van der Waals surface area contributed by atoms with Crippen molar-refractivity contribution in [1.82, 2.24) is 0 Å². The van der Waals surface area contributed by atoms with Gasteiger partial charge in [0.15, 0.2) is 5.78 Å². The van der Waals surface area contributed by atoms with Crippen LogP contribution in [-0.4, -0.2) is 11.7 Å². The maximum Gasteiger partial charge on any atom is 0.255 e. The lowest BCUT2D eigenvalue weighted by molar-refractivity contribution is 0.0971. The summed E-state index contributed by atoms with van der Waals surface area (Å²) in [5.41, 5.74) is 3.48. The van der Waals surface area contributed by atoms with Crippen molar-refractivity contribution in [2.75, 3.05) is 5.32 Å². The molecule has 0 bridgehead atoms. The minimum atomic E-state index is -0.527. The number of nitrogens with one attached hydrogen (secondary N) is 1. The predicted molar refractivity (Wildman–Crippen MR) is 120 cm³/mol. The number of Topliss-reactive ketones (excluding diaryl/α,β-unsaturated/α-hetero) is 1. The fourth-order valence-corrected chi connectivity index (χ4v) is 3.53. The number of amides is 1. The normalized spacial score (nSPS) is 11.5. The number of para-hydroxylation sites is 1. The molecule has 0 radical (unpaired) electrons. The van der Waals surface area contributed by atoms with Crippen LogP contribution in [0.5, 0.6) is 0 Å². The molecule has 30 heavy (non-hydrogen) atoms. The van der Waals surface area contributed by atoms with Crippen LogP contribution in [0.15, 0.2) is 115 Å². The monoisotopic (exact) mass is 391 g/mol. The van der Waals surface area contributed by atoms with Crippen molar-refractivity contribution in [1.29, 1.82) is 0 Å². The zero-order chi connectivity index (χ0) is 20.8. The minimum absolute atomic E-state index is 0.0109. The van der Waals surface area contributed by atoms with E-state index in [4.69, 9.17) is 0 Å². The zero-order valence-corrected chi connectivity index (χ0v) is 16.4. The molecule has 1 N–H and O–H groups in total. The summed E-state index contributed by atoms with van der Waals surface area (Å²) >= 11 is 0. The smallest absolute Gasteiger partial charge is 0.255 e. The topological polar surface area (TPSA) is 46.2 Å². The molecule has 0 aromatic heterocycles. The molecule has 0 heterocycles. The average Bonchev–Trinajstić information content (AvgIpc) is 2.82. The quantitative estimate of drug-likeness (QED) is 0.413. The summed E-state index contributed by atoms with van der Waals surface area (Å²) in [6.07, 6.45) is 0. The summed E-state index contributed by atoms with van der Waals surface area (Å²) in [6, 6.07) is 35.5. The van der Waals surface area contributed by atoms with Crippen molar-refractivity contribution in [3.8, 4) is 0 Å². The molecule has 0 spiro atoms. The van der Waals surface area contributed by atoms with Crippen LogP contribution in [0.25, 0.3) is 0 Å². The molecule has 0 aliphatic carbocycles. The SMILES string of the molecule is O=C(Nc1ccccc1C(C(=O)c1ccccc1)c1ccccc1)c1ccccc1. The van der Waals surface area contributed by atoms with Gasteiger partial charge in [0.25, 0.3) is 5.91 Å². The molecular formula is C27H21NO2. The largest absolute Gasteiger partial charge is 0.322 e. The standard InChI is InChI=1S/C27H21NO2/c29-26(21-14-6-2-7-15-21)25(20-12-4-1-5-13-20)23-18-10-11-19-24(23)28-27(30)22-16-8-3-9-17-22/h1-19,25H,(H,28,30). The molecular weight excluding hydrogens is 370 g/mol. The van der Waals surface area contributed by atoms with Crippen molar-refractivity contribution in [3.05, 3.63) is 138 Å². The summed E-state index contributed by atoms with van der Waals surface area (Å²) in [4.78, 5) is 26.3. The number of benzene rings is 4. The van der Waals surface area contributed by atoms with E-state index in [2.05, 4.69) is 5.32 Å². The second-order valence-corrected chi connectivity index (χ2v) is 6.98. The van der Waals surface area contributed by atoms with E-state index in [0.717, 1.165) is 11.1 Å². The number of rotatable bonds is 6. The van der Waals surface area contributed by atoms with Gasteiger partial charge in [-0.15, -0.1) is 0 Å². The Bertz CT molecular complexity index is 1140. The van der Waals surface area contributed by atoms with E-state index in [1.165, 1.54) is 0 Å². The van der Waals surface area contributed by atoms with Gasteiger partial charge in [0, 0.05) is 16.8 Å². The van der Waals surface area contributed by atoms with Crippen LogP contribution in [0.2, 0.25) is 0 Å². The Balaban J connectivity index is 1.76. The molecule has 146 valence electrons. The van der Waals surface area contributed by atoms with E-state index in [0.29, 0.717) is 16.8 Å². The van der Waals surface area contributed by atoms with Gasteiger partial charge in [-0.2, -0.15) is 0 Å². The maximum atomic E-state index is 13.5. The van der Waals surface area contributed by atoms with E-state index >= 15 is 0 Å². The van der Waals surface area contributed by atoms with Gasteiger partial charge in [-0.05, 0) is 29.3 Å². The Labute approximate surface area is 176 Å². The first-order chi connectivity index (χ1) is 14.7. The van der Waals surface area contributed by atoms with Crippen LogP contribution in [-0.2, 0) is 0 Å². The van der Waals surface area contributed by atoms with Gasteiger partial charge in [-0.25, -0.2) is 0 Å². The second kappa shape index (κ2) is 9.01. The summed E-state index contributed by atoms with van der Waals surface area (Å²) in [5.74, 6) is -0.744. The third kappa shape index (κ3) is 4.20. The van der Waals surface area contributed by atoms with Crippen LogP contribution < -0.4 is 5.32 Å². The zero-order valence-electron chi connectivity index (χ0n) is 16.4. The van der Waals surface area contributed by atoms with Gasteiger partial charge in [0.2, 0.25) is 0 Å². The van der Waals surface area contributed by atoms with Crippen LogP contribution in [0.1, 0.15) is 37.8 Å². The first kappa shape index (κ1) is 19.3. The Kier molecular flexibility index (Phi) is 5.81. The Morgan fingerprint density at radius 2 is 1.07 bits per heavy atom. The van der Waals surface area contributed by atoms with Crippen molar-refractivity contribution in [2.24, 2.45) is 0 Å². The van der Waals surface area contributed by atoms with Gasteiger partial charge in [-0.3, -0.25) is 9.59 Å². The fourth-order valence-electron chi connectivity index (χ4n) is 3.53. The average molecular weight is 391 g/mol. The summed E-state index contributed by atoms with van der Waals surface area (Å²) in [7, 11) is 0. The number of ketones is 1. The van der Waals surface area contributed by atoms with Gasteiger partial charge < -0.3 is 5.32 Å². The highest BCUT2D eigenvalue weighted by atomic mass is 16.1. The molecule has 3 nitrogen and oxygen atoms in total. The molecule has 1 amide bonds. The molecule has 0 saturated heterocycles. The summed E-state index contributed by atoms with van der Waals surface area (Å²) < 4.78 is 0. The van der Waals surface area contributed by atoms with Crippen molar-refractivity contribution in [2.45, 2.75) is 5.92 Å². The van der Waals surface area contributed by atoms with Crippen molar-refractivity contribution >= 4 is 17.4 Å². The molecule has 1 unspecified atom stereocenters. The van der Waals surface area contributed by atoms with Crippen molar-refractivity contribution in [3.63, 3.8) is 0 Å². The lowest BCUT2D eigenvalue weighted by Gasteiger charge is -2.21. The van der Waals surface area contributed by atoms with Crippen LogP contribution in [0, 0.1) is 0 Å². The molecule has 3 heteroatoms. The van der Waals surface area contributed by atoms with Crippen LogP contribution >= 0.6 is 0 Å². The lowest BCUT2D eigenvalue weighted by atomic mass is 9.84. The lowest BCUT2D eigenvalue weighted by Crippen LogP contribution is -2.19. The number of hydrogen-bond acceptors (Lipinski definition) is 2. The van der Waals surface area contributed by atoms with Gasteiger partial charge >= 0.3 is 0 Å². The number of hydrogen-bond donors (Lipinski definition) is 1. The fraction of sp³-hybridized carbons (Fsp3) is 0.0370. The molecule has 1 atom stereocenters. The Morgan fingerprint density at radius 1 is 0.567 bits per heavy atom. The second-order valence-electron chi connectivity index (χ2n) is 6.98. The maximum absolute atomic E-state index is 13.5. The minimum Gasteiger partial charge on any atom is -0.322 e. The van der Waals surface area contributed by atoms with E-state index in [1.807, 2.05) is 103 Å². The first-order valence-corrected chi connectivity index (χ1v) is 9.83. The highest BCUT2D eigenvalue weighted by Crippen LogP contribution is 2.33. The van der Waals surface area contributed by atoms with Gasteiger partial charge in [0.05, 0.1) is 5.92 Å². The molecule has 4 aromatic carbocycles. The molecule has 4 aromatic rings. The first-order valence-electron chi connectivity index (χ1n) is 9.83. The molecule has 0 aliphatic rings. The number of anilines is 1. The Hall–Kier alpha value is -3.98. The van der Waals surface area contributed by atoms with E-state index < -0.39 is 5.92 Å². The van der Waals surface area contributed by atoms with Crippen molar-refractivity contribution < 1.29 is 9.59 Å². The van der Waals surface area contributed by atoms with Gasteiger partial charge in [0.1, 0.15) is 0 Å². The molecule has 0 saturated carbocycles. The van der Waals surface area contributed by atoms with E-state index in [1.54, 1.807) is 12.1 Å². The van der Waals surface area contributed by atoms with Gasteiger partial charge in [-0.1, -0.05) is 97.1 Å². The molecule has 0 fully saturated rings.